The van der Waals surface area contributed by atoms with Crippen LogP contribution in [-0.2, 0) is 4.74 Å². The standard InChI is InChI=1S/C18H34N4O2/c1-4-24-16-12-15(18(16)6-5-7-18)20-17(23)19-14(2)13-22-10-8-21(3)9-11-22/h14-16H,4-13H2,1-3H3,(H2,19,20,23). The first kappa shape index (κ1) is 18.0. The number of carbonyl (C=O) groups excluding carboxylic acids is 1. The molecular weight excluding hydrogens is 304 g/mol. The van der Waals surface area contributed by atoms with Gasteiger partial charge < -0.3 is 20.3 Å². The van der Waals surface area contributed by atoms with Crippen LogP contribution >= 0.6 is 0 Å². The largest absolute Gasteiger partial charge is 0.378 e. The minimum absolute atomic E-state index is 0.0112. The predicted molar refractivity (Wildman–Crippen MR) is 95.2 cm³/mol. The van der Waals surface area contributed by atoms with E-state index in [1.807, 2.05) is 0 Å². The lowest BCUT2D eigenvalue weighted by atomic mass is 9.51. The highest BCUT2D eigenvalue weighted by Crippen LogP contribution is 2.57. The van der Waals surface area contributed by atoms with Gasteiger partial charge in [-0.25, -0.2) is 4.79 Å². The number of hydrogen-bond donors (Lipinski definition) is 2. The van der Waals surface area contributed by atoms with E-state index in [9.17, 15) is 4.79 Å². The molecule has 2 amide bonds. The number of amides is 2. The molecule has 6 heteroatoms. The summed E-state index contributed by atoms with van der Waals surface area (Å²) >= 11 is 0. The third-order valence-corrected chi connectivity index (χ3v) is 6.25. The molecule has 3 fully saturated rings. The van der Waals surface area contributed by atoms with Crippen molar-refractivity contribution in [1.29, 1.82) is 0 Å². The zero-order chi connectivity index (χ0) is 17.2. The number of nitrogens with zero attached hydrogens (tertiary/aromatic N) is 2. The Kier molecular flexibility index (Phi) is 5.67. The van der Waals surface area contributed by atoms with Gasteiger partial charge in [0.2, 0.25) is 0 Å². The number of urea groups is 1. The van der Waals surface area contributed by atoms with Gasteiger partial charge in [-0.3, -0.25) is 4.90 Å². The monoisotopic (exact) mass is 338 g/mol. The molecule has 0 aromatic carbocycles. The van der Waals surface area contributed by atoms with Crippen molar-refractivity contribution in [1.82, 2.24) is 20.4 Å². The van der Waals surface area contributed by atoms with Gasteiger partial charge in [-0.05, 0) is 40.2 Å². The Bertz CT molecular complexity index is 433. The van der Waals surface area contributed by atoms with Crippen molar-refractivity contribution in [3.05, 3.63) is 0 Å². The van der Waals surface area contributed by atoms with Crippen LogP contribution in [0.2, 0.25) is 0 Å². The summed E-state index contributed by atoms with van der Waals surface area (Å²) in [5.41, 5.74) is 0.230. The van der Waals surface area contributed by atoms with Crippen LogP contribution in [0.25, 0.3) is 0 Å². The molecule has 6 nitrogen and oxygen atoms in total. The maximum atomic E-state index is 12.4. The second-order valence-electron chi connectivity index (χ2n) is 7.94. The van der Waals surface area contributed by atoms with E-state index in [0.717, 1.165) is 45.8 Å². The van der Waals surface area contributed by atoms with E-state index in [0.29, 0.717) is 12.1 Å². The zero-order valence-corrected chi connectivity index (χ0v) is 15.5. The fourth-order valence-corrected chi connectivity index (χ4v) is 4.53. The van der Waals surface area contributed by atoms with Gasteiger partial charge in [-0.2, -0.15) is 0 Å². The predicted octanol–water partition coefficient (Wildman–Crippen LogP) is 1.27. The van der Waals surface area contributed by atoms with Gasteiger partial charge in [0.1, 0.15) is 0 Å². The maximum Gasteiger partial charge on any atom is 0.315 e. The minimum atomic E-state index is -0.0112. The number of carbonyl (C=O) groups is 1. The second kappa shape index (κ2) is 7.58. The topological polar surface area (TPSA) is 56.8 Å². The van der Waals surface area contributed by atoms with E-state index >= 15 is 0 Å². The molecule has 1 spiro atoms. The van der Waals surface area contributed by atoms with Crippen LogP contribution in [-0.4, -0.2) is 80.4 Å². The Morgan fingerprint density at radius 1 is 1.29 bits per heavy atom. The third-order valence-electron chi connectivity index (χ3n) is 6.25. The number of hydrogen-bond acceptors (Lipinski definition) is 4. The summed E-state index contributed by atoms with van der Waals surface area (Å²) < 4.78 is 5.86. The number of nitrogens with one attached hydrogen (secondary N) is 2. The Morgan fingerprint density at radius 2 is 2.00 bits per heavy atom. The van der Waals surface area contributed by atoms with Gasteiger partial charge in [-0.1, -0.05) is 6.42 Å². The molecule has 0 radical (unpaired) electrons. The van der Waals surface area contributed by atoms with E-state index in [4.69, 9.17) is 4.74 Å². The van der Waals surface area contributed by atoms with E-state index in [2.05, 4.69) is 41.3 Å². The highest BCUT2D eigenvalue weighted by atomic mass is 16.5. The minimum Gasteiger partial charge on any atom is -0.378 e. The van der Waals surface area contributed by atoms with E-state index in [1.165, 1.54) is 19.3 Å². The van der Waals surface area contributed by atoms with Crippen molar-refractivity contribution in [3.63, 3.8) is 0 Å². The van der Waals surface area contributed by atoms with Crippen molar-refractivity contribution in [3.8, 4) is 0 Å². The van der Waals surface area contributed by atoms with Gasteiger partial charge in [0.05, 0.1) is 6.10 Å². The molecule has 24 heavy (non-hydrogen) atoms. The summed E-state index contributed by atoms with van der Waals surface area (Å²) in [6.07, 6.45) is 4.97. The van der Waals surface area contributed by atoms with Crippen LogP contribution in [0.1, 0.15) is 39.5 Å². The number of ether oxygens (including phenoxy) is 1. The van der Waals surface area contributed by atoms with Crippen molar-refractivity contribution < 1.29 is 9.53 Å². The van der Waals surface area contributed by atoms with Gasteiger partial charge in [0, 0.05) is 56.8 Å². The fraction of sp³-hybridized carbons (Fsp3) is 0.944. The molecule has 2 aliphatic carbocycles. The Labute approximate surface area is 146 Å². The normalized spacial score (nSPS) is 31.1. The third kappa shape index (κ3) is 3.70. The molecule has 2 saturated carbocycles. The van der Waals surface area contributed by atoms with E-state index in [1.54, 1.807) is 0 Å². The molecule has 0 bridgehead atoms. The average molecular weight is 338 g/mol. The van der Waals surface area contributed by atoms with Gasteiger partial charge in [0.15, 0.2) is 0 Å². The van der Waals surface area contributed by atoms with Crippen LogP contribution in [0.15, 0.2) is 0 Å². The summed E-state index contributed by atoms with van der Waals surface area (Å²) in [7, 11) is 2.16. The quantitative estimate of drug-likeness (QED) is 0.766. The average Bonchev–Trinajstić information content (AvgIpc) is 2.46. The molecule has 2 N–H and O–H groups in total. The molecule has 0 aromatic rings. The van der Waals surface area contributed by atoms with Gasteiger partial charge >= 0.3 is 6.03 Å². The second-order valence-corrected chi connectivity index (χ2v) is 7.94. The first-order valence-corrected chi connectivity index (χ1v) is 9.63. The van der Waals surface area contributed by atoms with Crippen LogP contribution in [0.5, 0.6) is 0 Å². The molecule has 1 aliphatic heterocycles. The maximum absolute atomic E-state index is 12.4. The van der Waals surface area contributed by atoms with Gasteiger partial charge in [0.25, 0.3) is 0 Å². The summed E-state index contributed by atoms with van der Waals surface area (Å²) in [6, 6.07) is 0.454. The first-order valence-electron chi connectivity index (χ1n) is 9.63. The van der Waals surface area contributed by atoms with Crippen LogP contribution in [0, 0.1) is 5.41 Å². The molecule has 3 atom stereocenters. The summed E-state index contributed by atoms with van der Waals surface area (Å²) in [5, 5.41) is 6.34. The van der Waals surface area contributed by atoms with Crippen molar-refractivity contribution in [2.45, 2.75) is 57.7 Å². The number of rotatable bonds is 6. The summed E-state index contributed by atoms with van der Waals surface area (Å²) in [6.45, 7) is 10.3. The Hall–Kier alpha value is -0.850. The smallest absolute Gasteiger partial charge is 0.315 e. The van der Waals surface area contributed by atoms with E-state index < -0.39 is 0 Å². The number of likely N-dealkylation sites (N-methyl/N-ethyl adjacent to an activating group) is 1. The lowest BCUT2D eigenvalue weighted by Gasteiger charge is -2.60. The molecule has 3 unspecified atom stereocenters. The van der Waals surface area contributed by atoms with Crippen LogP contribution < -0.4 is 10.6 Å². The molecular formula is C18H34N4O2. The van der Waals surface area contributed by atoms with Crippen LogP contribution in [0.4, 0.5) is 4.79 Å². The lowest BCUT2D eigenvalue weighted by Crippen LogP contribution is -2.68. The summed E-state index contributed by atoms with van der Waals surface area (Å²) in [4.78, 5) is 17.1. The highest BCUT2D eigenvalue weighted by molar-refractivity contribution is 5.75. The fourth-order valence-electron chi connectivity index (χ4n) is 4.53. The lowest BCUT2D eigenvalue weighted by molar-refractivity contribution is -0.169. The van der Waals surface area contributed by atoms with Crippen molar-refractivity contribution in [2.24, 2.45) is 5.41 Å². The van der Waals surface area contributed by atoms with Gasteiger partial charge in [-0.15, -0.1) is 0 Å². The number of piperazine rings is 1. The Morgan fingerprint density at radius 3 is 2.58 bits per heavy atom. The van der Waals surface area contributed by atoms with Crippen molar-refractivity contribution >= 4 is 6.03 Å². The molecule has 3 rings (SSSR count). The highest BCUT2D eigenvalue weighted by Gasteiger charge is 2.59. The first-order chi connectivity index (χ1) is 11.5. The molecule has 3 aliphatic rings. The van der Waals surface area contributed by atoms with Crippen molar-refractivity contribution in [2.75, 3.05) is 46.4 Å². The zero-order valence-electron chi connectivity index (χ0n) is 15.5. The summed E-state index contributed by atoms with van der Waals surface area (Å²) in [5.74, 6) is 0. The SMILES string of the molecule is CCOC1CC(NC(=O)NC(C)CN2CCN(C)CC2)C12CCC2. The molecule has 0 aromatic heterocycles. The van der Waals surface area contributed by atoms with E-state index in [-0.39, 0.29) is 17.5 Å². The Balaban J connectivity index is 1.39. The molecule has 1 heterocycles. The molecule has 138 valence electrons. The molecule has 1 saturated heterocycles. The van der Waals surface area contributed by atoms with Crippen LogP contribution in [0.3, 0.4) is 0 Å².